The monoisotopic (exact) mass is 385 g/mol. The molecule has 3 rings (SSSR count). The first kappa shape index (κ1) is 18.8. The standard InChI is InChI=1S/C17H20FNO6S/c1-11-10-15(17(21)24-11)25-16(20)12-6-8-19(9-7-12)26(22,23)14-4-2-13(18)3-5-14/h2-5,11-12,15H,6-10H2,1H3/t11-,15-/m1/s1. The Balaban J connectivity index is 1.57. The summed E-state index contributed by atoms with van der Waals surface area (Å²) in [5.74, 6) is -2.01. The van der Waals surface area contributed by atoms with Gasteiger partial charge in [-0.2, -0.15) is 4.31 Å². The Morgan fingerprint density at radius 1 is 1.23 bits per heavy atom. The molecule has 0 radical (unpaired) electrons. The van der Waals surface area contributed by atoms with Crippen molar-refractivity contribution < 1.29 is 31.9 Å². The van der Waals surface area contributed by atoms with Gasteiger partial charge < -0.3 is 9.47 Å². The van der Waals surface area contributed by atoms with Crippen molar-refractivity contribution in [1.82, 2.24) is 4.31 Å². The number of cyclic esters (lactones) is 1. The van der Waals surface area contributed by atoms with Crippen molar-refractivity contribution in [2.45, 2.75) is 43.3 Å². The Morgan fingerprint density at radius 2 is 1.85 bits per heavy atom. The van der Waals surface area contributed by atoms with Crippen LogP contribution in [0.3, 0.4) is 0 Å². The van der Waals surface area contributed by atoms with E-state index in [0.717, 1.165) is 12.1 Å². The van der Waals surface area contributed by atoms with Gasteiger partial charge in [-0.15, -0.1) is 0 Å². The van der Waals surface area contributed by atoms with E-state index in [9.17, 15) is 22.4 Å². The van der Waals surface area contributed by atoms with Gasteiger partial charge in [0, 0.05) is 19.5 Å². The topological polar surface area (TPSA) is 90.0 Å². The molecule has 1 aromatic rings. The molecule has 0 saturated carbocycles. The normalized spacial score (nSPS) is 25.1. The Labute approximate surface area is 151 Å². The van der Waals surface area contributed by atoms with Crippen molar-refractivity contribution in [1.29, 1.82) is 0 Å². The SMILES string of the molecule is C[C@@H]1C[C@@H](OC(=O)C2CCN(S(=O)(=O)c3ccc(F)cc3)CC2)C(=O)O1. The first-order valence-electron chi connectivity index (χ1n) is 8.44. The van der Waals surface area contributed by atoms with Gasteiger partial charge in [-0.1, -0.05) is 0 Å². The number of sulfonamides is 1. The van der Waals surface area contributed by atoms with Gasteiger partial charge in [-0.25, -0.2) is 17.6 Å². The molecule has 0 unspecified atom stereocenters. The lowest BCUT2D eigenvalue weighted by atomic mass is 9.98. The molecule has 0 N–H and O–H groups in total. The van der Waals surface area contributed by atoms with Crippen molar-refractivity contribution in [2.24, 2.45) is 5.92 Å². The minimum absolute atomic E-state index is 0.0163. The molecule has 0 aliphatic carbocycles. The summed E-state index contributed by atoms with van der Waals surface area (Å²) >= 11 is 0. The van der Waals surface area contributed by atoms with Gasteiger partial charge >= 0.3 is 11.9 Å². The molecule has 0 amide bonds. The molecule has 2 aliphatic heterocycles. The highest BCUT2D eigenvalue weighted by Crippen LogP contribution is 2.26. The third-order valence-corrected chi connectivity index (χ3v) is 6.54. The third kappa shape index (κ3) is 3.88. The minimum atomic E-state index is -3.73. The fraction of sp³-hybridized carbons (Fsp3) is 0.529. The average molecular weight is 385 g/mol. The number of hydrogen-bond acceptors (Lipinski definition) is 6. The number of benzene rings is 1. The molecule has 2 atom stereocenters. The number of carbonyl (C=O) groups excluding carboxylic acids is 2. The highest BCUT2D eigenvalue weighted by molar-refractivity contribution is 7.89. The molecule has 2 heterocycles. The van der Waals surface area contributed by atoms with Crippen LogP contribution in [0, 0.1) is 11.7 Å². The van der Waals surface area contributed by atoms with E-state index in [1.54, 1.807) is 6.92 Å². The molecule has 26 heavy (non-hydrogen) atoms. The maximum atomic E-state index is 13.0. The van der Waals surface area contributed by atoms with Crippen molar-refractivity contribution in [2.75, 3.05) is 13.1 Å². The molecule has 2 fully saturated rings. The average Bonchev–Trinajstić information content (AvgIpc) is 2.92. The first-order valence-corrected chi connectivity index (χ1v) is 9.88. The zero-order valence-corrected chi connectivity index (χ0v) is 15.1. The lowest BCUT2D eigenvalue weighted by molar-refractivity contribution is -0.164. The predicted octanol–water partition coefficient (Wildman–Crippen LogP) is 1.47. The number of hydrogen-bond donors (Lipinski definition) is 0. The molecule has 2 aliphatic rings. The number of carbonyl (C=O) groups is 2. The number of esters is 2. The van der Waals surface area contributed by atoms with Crippen LogP contribution in [0.15, 0.2) is 29.2 Å². The van der Waals surface area contributed by atoms with Gasteiger partial charge in [0.2, 0.25) is 16.1 Å². The molecule has 0 aromatic heterocycles. The summed E-state index contributed by atoms with van der Waals surface area (Å²) in [5, 5.41) is 0. The smallest absolute Gasteiger partial charge is 0.347 e. The largest absolute Gasteiger partial charge is 0.460 e. The summed E-state index contributed by atoms with van der Waals surface area (Å²) < 4.78 is 49.6. The molecule has 2 saturated heterocycles. The lowest BCUT2D eigenvalue weighted by Gasteiger charge is -2.30. The quantitative estimate of drug-likeness (QED) is 0.729. The molecule has 9 heteroatoms. The van der Waals surface area contributed by atoms with Crippen LogP contribution in [0.4, 0.5) is 4.39 Å². The Kier molecular flexibility index (Phi) is 5.29. The fourth-order valence-corrected chi connectivity index (χ4v) is 4.61. The van der Waals surface area contributed by atoms with E-state index in [0.29, 0.717) is 19.3 Å². The third-order valence-electron chi connectivity index (χ3n) is 4.62. The maximum absolute atomic E-state index is 13.0. The van der Waals surface area contributed by atoms with Gasteiger partial charge in [-0.3, -0.25) is 4.79 Å². The second kappa shape index (κ2) is 7.32. The number of nitrogens with zero attached hydrogens (tertiary/aromatic N) is 1. The Morgan fingerprint density at radius 3 is 2.38 bits per heavy atom. The van der Waals surface area contributed by atoms with Crippen LogP contribution in [0.1, 0.15) is 26.2 Å². The number of halogens is 1. The van der Waals surface area contributed by atoms with Gasteiger partial charge in [0.15, 0.2) is 0 Å². The minimum Gasteiger partial charge on any atom is -0.460 e. The van der Waals surface area contributed by atoms with Crippen LogP contribution in [0.2, 0.25) is 0 Å². The summed E-state index contributed by atoms with van der Waals surface area (Å²) in [5.41, 5.74) is 0. The van der Waals surface area contributed by atoms with Crippen molar-refractivity contribution >= 4 is 22.0 Å². The van der Waals surface area contributed by atoms with Crippen molar-refractivity contribution in [3.63, 3.8) is 0 Å². The van der Waals surface area contributed by atoms with E-state index in [1.807, 2.05) is 0 Å². The van der Waals surface area contributed by atoms with E-state index < -0.39 is 39.8 Å². The molecule has 142 valence electrons. The summed E-state index contributed by atoms with van der Waals surface area (Å²) in [4.78, 5) is 23.8. The molecule has 1 aromatic carbocycles. The molecule has 0 bridgehead atoms. The first-order chi connectivity index (χ1) is 12.3. The number of rotatable bonds is 4. The van der Waals surface area contributed by atoms with Crippen LogP contribution in [-0.2, 0) is 29.1 Å². The van der Waals surface area contributed by atoms with Crippen LogP contribution in [-0.4, -0.2) is 50.0 Å². The van der Waals surface area contributed by atoms with Crippen LogP contribution >= 0.6 is 0 Å². The zero-order valence-electron chi connectivity index (χ0n) is 14.3. The fourth-order valence-electron chi connectivity index (χ4n) is 3.14. The Hall–Kier alpha value is -2.00. The number of piperidine rings is 1. The van der Waals surface area contributed by atoms with Gasteiger partial charge in [0.25, 0.3) is 0 Å². The van der Waals surface area contributed by atoms with Gasteiger partial charge in [0.05, 0.1) is 10.8 Å². The van der Waals surface area contributed by atoms with E-state index in [-0.39, 0.29) is 24.1 Å². The highest BCUT2D eigenvalue weighted by atomic mass is 32.2. The molecule has 0 spiro atoms. The number of ether oxygens (including phenoxy) is 2. The van der Waals surface area contributed by atoms with E-state index in [1.165, 1.54) is 16.4 Å². The van der Waals surface area contributed by atoms with Crippen LogP contribution in [0.5, 0.6) is 0 Å². The second-order valence-corrected chi connectivity index (χ2v) is 8.48. The molecular weight excluding hydrogens is 365 g/mol. The van der Waals surface area contributed by atoms with E-state index in [2.05, 4.69) is 0 Å². The van der Waals surface area contributed by atoms with Gasteiger partial charge in [0.1, 0.15) is 11.9 Å². The molecular formula is C17H20FNO6S. The highest BCUT2D eigenvalue weighted by Gasteiger charge is 2.38. The van der Waals surface area contributed by atoms with Crippen molar-refractivity contribution in [3.05, 3.63) is 30.1 Å². The summed E-state index contributed by atoms with van der Waals surface area (Å²) in [6, 6.07) is 4.63. The van der Waals surface area contributed by atoms with E-state index in [4.69, 9.17) is 9.47 Å². The summed E-state index contributed by atoms with van der Waals surface area (Å²) in [6.45, 7) is 2.04. The van der Waals surface area contributed by atoms with Crippen LogP contribution < -0.4 is 0 Å². The molecule has 7 nitrogen and oxygen atoms in total. The maximum Gasteiger partial charge on any atom is 0.347 e. The van der Waals surface area contributed by atoms with Crippen molar-refractivity contribution in [3.8, 4) is 0 Å². The summed E-state index contributed by atoms with van der Waals surface area (Å²) in [6.07, 6.45) is -0.211. The lowest BCUT2D eigenvalue weighted by Crippen LogP contribution is -2.41. The summed E-state index contributed by atoms with van der Waals surface area (Å²) in [7, 11) is -3.73. The zero-order chi connectivity index (χ0) is 18.9. The van der Waals surface area contributed by atoms with Gasteiger partial charge in [-0.05, 0) is 44.0 Å². The van der Waals surface area contributed by atoms with E-state index >= 15 is 0 Å². The van der Waals surface area contributed by atoms with Crippen LogP contribution in [0.25, 0.3) is 0 Å². The predicted molar refractivity (Wildman–Crippen MR) is 87.9 cm³/mol. The Bertz CT molecular complexity index is 786. The second-order valence-electron chi connectivity index (χ2n) is 6.54.